The van der Waals surface area contributed by atoms with Crippen molar-refractivity contribution in [3.05, 3.63) is 11.4 Å². The lowest BCUT2D eigenvalue weighted by Gasteiger charge is -2.21. The van der Waals surface area contributed by atoms with Crippen LogP contribution in [-0.2, 0) is 10.0 Å². The fourth-order valence-corrected chi connectivity index (χ4v) is 3.66. The largest absolute Gasteiger partial charge is 0.281 e. The zero-order valence-electron chi connectivity index (χ0n) is 11.1. The second-order valence-corrected chi connectivity index (χ2v) is 6.12. The molecule has 0 saturated heterocycles. The van der Waals surface area contributed by atoms with E-state index in [1.807, 2.05) is 6.07 Å². The van der Waals surface area contributed by atoms with Gasteiger partial charge in [0, 0.05) is 13.1 Å². The lowest BCUT2D eigenvalue weighted by molar-refractivity contribution is 0.399. The van der Waals surface area contributed by atoms with Crippen LogP contribution in [0.2, 0.25) is 0 Å². The molecule has 1 aromatic heterocycles. The van der Waals surface area contributed by atoms with E-state index in [0.29, 0.717) is 17.9 Å². The van der Waals surface area contributed by atoms with Gasteiger partial charge >= 0.3 is 0 Å². The van der Waals surface area contributed by atoms with Crippen molar-refractivity contribution >= 4 is 10.0 Å². The van der Waals surface area contributed by atoms with Crippen molar-refractivity contribution in [2.45, 2.75) is 32.6 Å². The van der Waals surface area contributed by atoms with Crippen LogP contribution >= 0.6 is 0 Å². The minimum Gasteiger partial charge on any atom is -0.281 e. The van der Waals surface area contributed by atoms with Crippen LogP contribution in [0.1, 0.15) is 25.2 Å². The molecule has 6 nitrogen and oxygen atoms in total. The van der Waals surface area contributed by atoms with Gasteiger partial charge in [0.05, 0.1) is 23.4 Å². The second-order valence-electron chi connectivity index (χ2n) is 4.25. The number of sulfonamides is 1. The number of H-pyrrole nitrogens is 1. The van der Waals surface area contributed by atoms with Gasteiger partial charge in [-0.15, -0.1) is 0 Å². The van der Waals surface area contributed by atoms with Crippen LogP contribution in [0.4, 0.5) is 0 Å². The number of nitriles is 1. The normalized spacial score (nSPS) is 13.6. The highest BCUT2D eigenvalue weighted by Crippen LogP contribution is 2.22. The Labute approximate surface area is 108 Å². The molecule has 1 heterocycles. The Balaban J connectivity index is 3.16. The number of hydrogen-bond donors (Lipinski definition) is 1. The van der Waals surface area contributed by atoms with Crippen molar-refractivity contribution in [3.63, 3.8) is 0 Å². The molecule has 100 valence electrons. The topological polar surface area (TPSA) is 89.8 Å². The van der Waals surface area contributed by atoms with E-state index in [9.17, 15) is 8.42 Å². The van der Waals surface area contributed by atoms with Crippen LogP contribution in [0, 0.1) is 31.1 Å². The zero-order chi connectivity index (χ0) is 13.9. The molecular formula is C11H18N4O2S. The highest BCUT2D eigenvalue weighted by atomic mass is 32.2. The van der Waals surface area contributed by atoms with E-state index < -0.39 is 10.0 Å². The summed E-state index contributed by atoms with van der Waals surface area (Å²) in [6.45, 7) is 7.31. The predicted molar refractivity (Wildman–Crippen MR) is 67.3 cm³/mol. The SMILES string of the molecule is CCN(CC(C)C#N)S(=O)(=O)c1c(C)n[nH]c1C. The molecule has 1 rings (SSSR count). The number of aromatic nitrogens is 2. The fraction of sp³-hybridized carbons (Fsp3) is 0.636. The second kappa shape index (κ2) is 5.50. The number of hydrogen-bond acceptors (Lipinski definition) is 4. The van der Waals surface area contributed by atoms with Gasteiger partial charge in [-0.1, -0.05) is 6.92 Å². The van der Waals surface area contributed by atoms with E-state index in [0.717, 1.165) is 0 Å². The maximum Gasteiger partial charge on any atom is 0.246 e. The molecule has 1 unspecified atom stereocenters. The molecule has 0 spiro atoms. The molecule has 1 aromatic rings. The number of nitrogens with zero attached hydrogens (tertiary/aromatic N) is 3. The van der Waals surface area contributed by atoms with Gasteiger partial charge in [-0.3, -0.25) is 5.10 Å². The highest BCUT2D eigenvalue weighted by molar-refractivity contribution is 7.89. The first-order valence-corrected chi connectivity index (χ1v) is 7.19. The van der Waals surface area contributed by atoms with Gasteiger partial charge in [0.2, 0.25) is 10.0 Å². The predicted octanol–water partition coefficient (Wildman–Crippen LogP) is 1.20. The maximum atomic E-state index is 12.5. The van der Waals surface area contributed by atoms with Crippen LogP contribution in [0.5, 0.6) is 0 Å². The zero-order valence-corrected chi connectivity index (χ0v) is 11.9. The Hall–Kier alpha value is -1.39. The van der Waals surface area contributed by atoms with Crippen molar-refractivity contribution in [1.29, 1.82) is 5.26 Å². The third kappa shape index (κ3) is 2.71. The first kappa shape index (κ1) is 14.7. The van der Waals surface area contributed by atoms with Gasteiger partial charge in [0.25, 0.3) is 0 Å². The third-order valence-corrected chi connectivity index (χ3v) is 4.91. The quantitative estimate of drug-likeness (QED) is 0.870. The van der Waals surface area contributed by atoms with E-state index in [-0.39, 0.29) is 17.4 Å². The highest BCUT2D eigenvalue weighted by Gasteiger charge is 2.29. The van der Waals surface area contributed by atoms with Gasteiger partial charge in [-0.05, 0) is 20.8 Å². The molecule has 1 N–H and O–H groups in total. The summed E-state index contributed by atoms with van der Waals surface area (Å²) in [4.78, 5) is 0.217. The summed E-state index contributed by atoms with van der Waals surface area (Å²) in [7, 11) is -3.59. The Bertz CT molecular complexity index is 537. The summed E-state index contributed by atoms with van der Waals surface area (Å²) in [6.07, 6.45) is 0. The average Bonchev–Trinajstić information content (AvgIpc) is 2.65. The molecular weight excluding hydrogens is 252 g/mol. The Morgan fingerprint density at radius 3 is 2.50 bits per heavy atom. The van der Waals surface area contributed by atoms with Crippen molar-refractivity contribution in [3.8, 4) is 6.07 Å². The molecule has 0 aromatic carbocycles. The summed E-state index contributed by atoms with van der Waals surface area (Å²) >= 11 is 0. The first-order chi connectivity index (χ1) is 8.34. The maximum absolute atomic E-state index is 12.5. The van der Waals surface area contributed by atoms with Gasteiger partial charge in [-0.2, -0.15) is 14.7 Å². The number of rotatable bonds is 5. The molecule has 1 atom stereocenters. The Morgan fingerprint density at radius 2 is 2.11 bits per heavy atom. The third-order valence-electron chi connectivity index (χ3n) is 2.71. The molecule has 0 radical (unpaired) electrons. The molecule has 18 heavy (non-hydrogen) atoms. The van der Waals surface area contributed by atoms with Crippen molar-refractivity contribution in [2.75, 3.05) is 13.1 Å². The van der Waals surface area contributed by atoms with Crippen LogP contribution in [0.3, 0.4) is 0 Å². The summed E-state index contributed by atoms with van der Waals surface area (Å²) in [5, 5.41) is 15.4. The summed E-state index contributed by atoms with van der Waals surface area (Å²) in [5.74, 6) is -0.341. The summed E-state index contributed by atoms with van der Waals surface area (Å²) in [5.41, 5.74) is 0.978. The average molecular weight is 270 g/mol. The molecule has 0 saturated carbocycles. The van der Waals surface area contributed by atoms with Gasteiger partial charge < -0.3 is 0 Å². The van der Waals surface area contributed by atoms with Crippen LogP contribution in [-0.4, -0.2) is 36.0 Å². The Kier molecular flexibility index (Phi) is 4.48. The molecule has 0 aliphatic carbocycles. The molecule has 7 heteroatoms. The summed E-state index contributed by atoms with van der Waals surface area (Å²) < 4.78 is 26.3. The van der Waals surface area contributed by atoms with E-state index in [2.05, 4.69) is 10.2 Å². The molecule has 0 bridgehead atoms. The van der Waals surface area contributed by atoms with Crippen LogP contribution < -0.4 is 0 Å². The number of aryl methyl sites for hydroxylation is 2. The standard InChI is InChI=1S/C11H18N4O2S/c1-5-15(7-8(2)6-12)18(16,17)11-9(3)13-14-10(11)4/h8H,5,7H2,1-4H3,(H,13,14). The van der Waals surface area contributed by atoms with E-state index in [1.165, 1.54) is 4.31 Å². The van der Waals surface area contributed by atoms with Crippen LogP contribution in [0.15, 0.2) is 4.90 Å². The van der Waals surface area contributed by atoms with Crippen molar-refractivity contribution in [1.82, 2.24) is 14.5 Å². The molecule has 0 fully saturated rings. The number of nitrogens with one attached hydrogen (secondary N) is 1. The van der Waals surface area contributed by atoms with Crippen molar-refractivity contribution < 1.29 is 8.42 Å². The van der Waals surface area contributed by atoms with Gasteiger partial charge in [0.15, 0.2) is 0 Å². The summed E-state index contributed by atoms with van der Waals surface area (Å²) in [6, 6.07) is 2.05. The minimum atomic E-state index is -3.59. The lowest BCUT2D eigenvalue weighted by atomic mass is 10.2. The lowest BCUT2D eigenvalue weighted by Crippen LogP contribution is -2.34. The smallest absolute Gasteiger partial charge is 0.246 e. The van der Waals surface area contributed by atoms with Gasteiger partial charge in [-0.25, -0.2) is 8.42 Å². The van der Waals surface area contributed by atoms with Gasteiger partial charge in [0.1, 0.15) is 4.90 Å². The van der Waals surface area contributed by atoms with Crippen molar-refractivity contribution in [2.24, 2.45) is 5.92 Å². The molecule has 0 aliphatic rings. The minimum absolute atomic E-state index is 0.194. The molecule has 0 aliphatic heterocycles. The van der Waals surface area contributed by atoms with E-state index >= 15 is 0 Å². The van der Waals surface area contributed by atoms with Crippen LogP contribution in [0.25, 0.3) is 0 Å². The Morgan fingerprint density at radius 1 is 1.50 bits per heavy atom. The fourth-order valence-electron chi connectivity index (χ4n) is 1.79. The monoisotopic (exact) mass is 270 g/mol. The molecule has 0 amide bonds. The van der Waals surface area contributed by atoms with E-state index in [1.54, 1.807) is 27.7 Å². The van der Waals surface area contributed by atoms with E-state index in [4.69, 9.17) is 5.26 Å². The first-order valence-electron chi connectivity index (χ1n) is 5.75. The number of aromatic amines is 1.